The zero-order chi connectivity index (χ0) is 76.5. The largest absolute Gasteiger partial charge is 1.00 e. The van der Waals surface area contributed by atoms with Gasteiger partial charge in [0.05, 0.1) is 65.7 Å². The smallest absolute Gasteiger partial charge is 0.748 e. The third-order valence-electron chi connectivity index (χ3n) is 18.0. The maximum absolute atomic E-state index is 11.4. The molecule has 0 aromatic heterocycles. The van der Waals surface area contributed by atoms with Crippen LogP contribution in [0.4, 0.5) is 0 Å². The van der Waals surface area contributed by atoms with Crippen LogP contribution in [0.15, 0.2) is 0 Å². The molecule has 4 N–H and O–H groups in total. The van der Waals surface area contributed by atoms with Crippen molar-refractivity contribution in [3.63, 3.8) is 0 Å². The molecule has 0 saturated carbocycles. The van der Waals surface area contributed by atoms with Crippen molar-refractivity contribution in [1.29, 1.82) is 0 Å². The van der Waals surface area contributed by atoms with E-state index in [-0.39, 0.29) is 469 Å². The predicted molar refractivity (Wildman–Crippen MR) is 379 cm³/mol. The summed E-state index contributed by atoms with van der Waals surface area (Å²) in [6, 6.07) is 0. The fraction of sp³-hybridized carbons (Fsp3) is 0.944. The summed E-state index contributed by atoms with van der Waals surface area (Å²) in [4.78, 5) is 41.1. The van der Waals surface area contributed by atoms with Crippen LogP contribution in [0, 0.1) is 0 Å². The molecular formula is C72H136K8O24S4. The second-order valence-electron chi connectivity index (χ2n) is 27.4. The van der Waals surface area contributed by atoms with Gasteiger partial charge >= 0.3 is 411 Å². The first kappa shape index (κ1) is 144. The minimum absolute atomic E-state index is 0. The van der Waals surface area contributed by atoms with E-state index >= 15 is 0 Å². The van der Waals surface area contributed by atoms with Crippen LogP contribution in [-0.2, 0) is 59.7 Å². The molecule has 0 aliphatic carbocycles. The van der Waals surface area contributed by atoms with Gasteiger partial charge in [0, 0.05) is 23.9 Å². The van der Waals surface area contributed by atoms with Gasteiger partial charge in [-0.3, -0.25) is 0 Å². The van der Waals surface area contributed by atoms with Crippen molar-refractivity contribution in [2.45, 2.75) is 433 Å². The first-order valence-electron chi connectivity index (χ1n) is 38.4. The Morgan fingerprint density at radius 1 is 0.241 bits per heavy atom. The Labute approximate surface area is 997 Å². The third kappa shape index (κ3) is 107. The Balaban J connectivity index is -0.000000111. The molecule has 0 bridgehead atoms. The number of aliphatic carboxylic acids is 4. The van der Waals surface area contributed by atoms with Gasteiger partial charge in [0.2, 0.25) is 0 Å². The van der Waals surface area contributed by atoms with Crippen LogP contribution < -0.4 is 432 Å². The quantitative estimate of drug-likeness (QED) is 0.0250. The van der Waals surface area contributed by atoms with Crippen molar-refractivity contribution in [2.24, 2.45) is 0 Å². The van der Waals surface area contributed by atoms with Crippen LogP contribution in [0.2, 0.25) is 0 Å². The fourth-order valence-corrected chi connectivity index (χ4v) is 15.7. The third-order valence-corrected chi connectivity index (χ3v) is 23.1. The van der Waals surface area contributed by atoms with Crippen LogP contribution in [0.5, 0.6) is 0 Å². The topological polar surface area (TPSA) is 470 Å². The molecule has 24 nitrogen and oxygen atoms in total. The summed E-state index contributed by atoms with van der Waals surface area (Å²) in [7, 11) is -17.8. The number of aliphatic hydroxyl groups excluding tert-OH is 4. The van der Waals surface area contributed by atoms with Crippen molar-refractivity contribution in [3.8, 4) is 0 Å². The number of carbonyl (C=O) groups is 4. The number of hydrogen-bond acceptors (Lipinski definition) is 24. The molecule has 0 aromatic rings. The van der Waals surface area contributed by atoms with Gasteiger partial charge in [-0.2, -0.15) is 0 Å². The van der Waals surface area contributed by atoms with Gasteiger partial charge in [-0.25, -0.2) is 33.7 Å². The molecule has 0 aliphatic heterocycles. The van der Waals surface area contributed by atoms with Gasteiger partial charge in [0.1, 0.15) is 20.2 Å². The van der Waals surface area contributed by atoms with E-state index in [2.05, 4.69) is 27.7 Å². The molecule has 0 radical (unpaired) electrons. The van der Waals surface area contributed by atoms with E-state index in [4.69, 9.17) is 0 Å². The predicted octanol–water partition coefficient (Wildman–Crippen LogP) is -14.0. The van der Waals surface area contributed by atoms with Crippen molar-refractivity contribution >= 4 is 64.3 Å². The van der Waals surface area contributed by atoms with Gasteiger partial charge in [-0.15, -0.1) is 0 Å². The average Bonchev–Trinajstić information content (AvgIpc) is 0.898. The van der Waals surface area contributed by atoms with Gasteiger partial charge in [0.25, 0.3) is 0 Å². The Morgan fingerprint density at radius 2 is 0.407 bits per heavy atom. The minimum atomic E-state index is -4.51. The molecule has 8 unspecified atom stereocenters. The molecule has 8 atom stereocenters. The molecule has 0 spiro atoms. The number of aliphatic hydroxyl groups is 4. The Bertz CT molecular complexity index is 2440. The van der Waals surface area contributed by atoms with Crippen LogP contribution in [0.25, 0.3) is 0 Å². The molecule has 0 rings (SSSR count). The van der Waals surface area contributed by atoms with Crippen molar-refractivity contribution < 1.29 is 523 Å². The summed E-state index contributed by atoms with van der Waals surface area (Å²) in [5.74, 6) is -4.29. The van der Waals surface area contributed by atoms with E-state index in [1.54, 1.807) is 0 Å². The SMILES string of the molecule is CCCCCCCCC(C(O)CCCCCCCC(=O)[O-])S(=O)(=O)[O-].CCCCCCCCC(CC(O)CCCCCCC(=O)[O-])S(=O)(=O)[O-].CCCCCCCCC(O)C(CCCCCCCC(=O)[O-])S(=O)(=O)[O-].CCCCCCCCCC(O)CC(CCCCCC(=O)[O-])S(=O)(=O)[O-].[K+].[K+].[K+].[K+].[K+].[K+].[K+].[K+]. The summed E-state index contributed by atoms with van der Waals surface area (Å²) >= 11 is 0. The summed E-state index contributed by atoms with van der Waals surface area (Å²) < 4.78 is 137. The second-order valence-corrected chi connectivity index (χ2v) is 33.9. The molecule has 0 fully saturated rings. The van der Waals surface area contributed by atoms with E-state index in [9.17, 15) is 112 Å². The number of rotatable bonds is 68. The Kier molecular flexibility index (Phi) is 133. The summed E-state index contributed by atoms with van der Waals surface area (Å²) in [5.41, 5.74) is 0. The number of carboxylic acids is 4. The first-order valence-corrected chi connectivity index (χ1v) is 44.3. The maximum atomic E-state index is 11.4. The first-order chi connectivity index (χ1) is 47.1. The van der Waals surface area contributed by atoms with Crippen LogP contribution >= 0.6 is 0 Å². The average molecular weight is 1830 g/mol. The maximum Gasteiger partial charge on any atom is 1.00 e. The number of carbonyl (C=O) groups excluding carboxylic acids is 4. The van der Waals surface area contributed by atoms with Gasteiger partial charge in [-0.05, 0) is 116 Å². The van der Waals surface area contributed by atoms with E-state index in [1.165, 1.54) is 38.5 Å². The minimum Gasteiger partial charge on any atom is -0.748 e. The van der Waals surface area contributed by atoms with E-state index in [1.807, 2.05) is 0 Å². The zero-order valence-electron chi connectivity index (χ0n) is 69.8. The molecule has 108 heavy (non-hydrogen) atoms. The monoisotopic (exact) mass is 1820 g/mol. The van der Waals surface area contributed by atoms with Crippen molar-refractivity contribution in [2.75, 3.05) is 0 Å². The fourth-order valence-electron chi connectivity index (χ4n) is 11.9. The molecule has 0 amide bonds. The van der Waals surface area contributed by atoms with Crippen LogP contribution in [0.3, 0.4) is 0 Å². The number of unbranched alkanes of at least 4 members (excludes halogenated alkanes) is 34. The van der Waals surface area contributed by atoms with E-state index in [0.717, 1.165) is 161 Å². The molecule has 36 heteroatoms. The second kappa shape index (κ2) is 99.6. The van der Waals surface area contributed by atoms with E-state index in [0.29, 0.717) is 103 Å². The number of hydrogen-bond donors (Lipinski definition) is 4. The van der Waals surface area contributed by atoms with Gasteiger partial charge in [-0.1, -0.05) is 272 Å². The normalized spacial score (nSPS) is 13.3. The van der Waals surface area contributed by atoms with Crippen LogP contribution in [0.1, 0.15) is 387 Å². The molecule has 600 valence electrons. The summed E-state index contributed by atoms with van der Waals surface area (Å²) in [5, 5.41) is 76.8. The molecule has 0 aromatic carbocycles. The van der Waals surface area contributed by atoms with Gasteiger partial charge in [0.15, 0.2) is 0 Å². The Morgan fingerprint density at radius 3 is 0.602 bits per heavy atom. The molecule has 0 heterocycles. The standard InChI is InChI=1S/4C18H36O6S.8K/c1-2-3-4-5-8-11-14-17(25(22,23)24)16(19)13-10-7-6-9-12-15-18(20)21;1-2-3-4-5-7-10-13-16(19)17(25(22,23)24)14-11-8-6-9-12-15-18(20)21;1-2-3-4-5-6-10-13-17(25(22,23)24)15-16(19)12-9-7-8-11-14-18(20)21;1-2-3-4-5-6-7-9-12-16(19)15-17(25(22,23)24)13-10-8-11-14-18(20)21;;;;;;;;/h4*16-17,19H,2-15H2,1H3,(H,20,21)(H,22,23,24);;;;;;;;/q;;;;8*+1/p-8. The molecular weight excluding hydrogens is 1690 g/mol. The Hall–Kier alpha value is 10.5. The van der Waals surface area contributed by atoms with Crippen molar-refractivity contribution in [3.05, 3.63) is 0 Å². The molecule has 0 aliphatic rings. The molecule has 0 saturated heterocycles. The summed E-state index contributed by atoms with van der Waals surface area (Å²) in [6.07, 6.45) is 36.0. The van der Waals surface area contributed by atoms with Gasteiger partial charge < -0.3 is 78.2 Å². The zero-order valence-corrected chi connectivity index (χ0v) is 98.1. The summed E-state index contributed by atoms with van der Waals surface area (Å²) in [6.45, 7) is 8.56. The van der Waals surface area contributed by atoms with Crippen LogP contribution in [-0.4, -0.2) is 142 Å². The number of carboxylic acid groups (broad SMARTS) is 4. The van der Waals surface area contributed by atoms with E-state index < -0.39 is 110 Å². The van der Waals surface area contributed by atoms with Crippen molar-refractivity contribution in [1.82, 2.24) is 0 Å².